The van der Waals surface area contributed by atoms with Crippen LogP contribution in [0.1, 0.15) is 40.5 Å². The minimum absolute atomic E-state index is 0.165. The van der Waals surface area contributed by atoms with Gasteiger partial charge < -0.3 is 14.2 Å². The lowest BCUT2D eigenvalue weighted by Crippen LogP contribution is -2.22. The lowest BCUT2D eigenvalue weighted by Gasteiger charge is -2.16. The Morgan fingerprint density at radius 2 is 2.12 bits per heavy atom. The van der Waals surface area contributed by atoms with Crippen molar-refractivity contribution in [3.05, 3.63) is 0 Å². The van der Waals surface area contributed by atoms with Crippen LogP contribution in [0.4, 0.5) is 0 Å². The van der Waals surface area contributed by atoms with E-state index in [1.54, 1.807) is 13.8 Å². The van der Waals surface area contributed by atoms with Gasteiger partial charge in [0.2, 0.25) is 0 Å². The second-order valence-corrected chi connectivity index (χ2v) is 4.33. The summed E-state index contributed by atoms with van der Waals surface area (Å²) < 4.78 is 16.2. The number of ether oxygens (including phenoxy) is 3. The van der Waals surface area contributed by atoms with Gasteiger partial charge in [-0.25, -0.2) is 0 Å². The molecular formula is C13H20O4. The summed E-state index contributed by atoms with van der Waals surface area (Å²) in [6.45, 7) is 7.66. The highest BCUT2D eigenvalue weighted by Gasteiger charge is 2.40. The van der Waals surface area contributed by atoms with Crippen LogP contribution >= 0.6 is 0 Å². The molecule has 1 aliphatic rings. The third-order valence-electron chi connectivity index (χ3n) is 2.41. The molecule has 0 amide bonds. The predicted molar refractivity (Wildman–Crippen MR) is 63.1 cm³/mol. The highest BCUT2D eigenvalue weighted by Crippen LogP contribution is 2.30. The van der Waals surface area contributed by atoms with Gasteiger partial charge in [-0.3, -0.25) is 4.79 Å². The Morgan fingerprint density at radius 1 is 1.41 bits per heavy atom. The van der Waals surface area contributed by atoms with Crippen LogP contribution in [-0.4, -0.2) is 30.6 Å². The van der Waals surface area contributed by atoms with Gasteiger partial charge in [-0.15, -0.1) is 5.92 Å². The highest BCUT2D eigenvalue weighted by molar-refractivity contribution is 5.69. The van der Waals surface area contributed by atoms with Gasteiger partial charge in [0.25, 0.3) is 0 Å². The zero-order chi connectivity index (χ0) is 12.9. The molecule has 1 aliphatic heterocycles. The van der Waals surface area contributed by atoms with Crippen molar-refractivity contribution in [3.8, 4) is 11.8 Å². The van der Waals surface area contributed by atoms with Crippen LogP contribution in [0, 0.1) is 11.8 Å². The smallest absolute Gasteiger partial charge is 0.305 e. The second-order valence-electron chi connectivity index (χ2n) is 4.33. The van der Waals surface area contributed by atoms with Crippen molar-refractivity contribution in [1.82, 2.24) is 0 Å². The van der Waals surface area contributed by atoms with Gasteiger partial charge in [0.05, 0.1) is 12.7 Å². The molecule has 4 heteroatoms. The normalized spacial score (nSPS) is 26.1. The van der Waals surface area contributed by atoms with Crippen LogP contribution < -0.4 is 0 Å². The topological polar surface area (TPSA) is 44.8 Å². The Bertz CT molecular complexity index is 324. The van der Waals surface area contributed by atoms with E-state index in [-0.39, 0.29) is 18.2 Å². The average Bonchev–Trinajstić information content (AvgIpc) is 2.51. The first-order chi connectivity index (χ1) is 7.98. The molecule has 0 radical (unpaired) electrons. The summed E-state index contributed by atoms with van der Waals surface area (Å²) >= 11 is 0. The first-order valence-corrected chi connectivity index (χ1v) is 5.92. The molecule has 0 aromatic carbocycles. The number of hydrogen-bond acceptors (Lipinski definition) is 4. The second kappa shape index (κ2) is 6.04. The molecule has 96 valence electrons. The SMILES string of the molecule is CC#C[C@H]1OC(C)(C)O[C@H]1CCC(=O)OCC. The van der Waals surface area contributed by atoms with Crippen LogP contribution in [-0.2, 0) is 19.0 Å². The summed E-state index contributed by atoms with van der Waals surface area (Å²) in [5.41, 5.74) is 0. The average molecular weight is 240 g/mol. The maximum absolute atomic E-state index is 11.3. The molecule has 1 fully saturated rings. The van der Waals surface area contributed by atoms with Gasteiger partial charge in [0, 0.05) is 6.42 Å². The molecule has 4 nitrogen and oxygen atoms in total. The largest absolute Gasteiger partial charge is 0.466 e. The Hall–Kier alpha value is -1.05. The van der Waals surface area contributed by atoms with E-state index in [1.807, 2.05) is 13.8 Å². The molecule has 0 N–H and O–H groups in total. The first kappa shape index (κ1) is 14.0. The van der Waals surface area contributed by atoms with Crippen molar-refractivity contribution in [1.29, 1.82) is 0 Å². The number of rotatable bonds is 4. The monoisotopic (exact) mass is 240 g/mol. The minimum atomic E-state index is -0.631. The fourth-order valence-electron chi connectivity index (χ4n) is 1.80. The van der Waals surface area contributed by atoms with Crippen molar-refractivity contribution >= 4 is 5.97 Å². The molecule has 0 aromatic rings. The van der Waals surface area contributed by atoms with E-state index >= 15 is 0 Å². The van der Waals surface area contributed by atoms with Crippen molar-refractivity contribution in [3.63, 3.8) is 0 Å². The molecular weight excluding hydrogens is 220 g/mol. The third-order valence-corrected chi connectivity index (χ3v) is 2.41. The third kappa shape index (κ3) is 4.37. The quantitative estimate of drug-likeness (QED) is 0.556. The number of carbonyl (C=O) groups is 1. The van der Waals surface area contributed by atoms with Crippen LogP contribution in [0.3, 0.4) is 0 Å². The van der Waals surface area contributed by atoms with Crippen molar-refractivity contribution in [2.75, 3.05) is 6.61 Å². The van der Waals surface area contributed by atoms with E-state index in [4.69, 9.17) is 14.2 Å². The van der Waals surface area contributed by atoms with Gasteiger partial charge in [-0.2, -0.15) is 0 Å². The highest BCUT2D eigenvalue weighted by atomic mass is 16.7. The Morgan fingerprint density at radius 3 is 2.71 bits per heavy atom. The van der Waals surface area contributed by atoms with Gasteiger partial charge in [0.1, 0.15) is 6.10 Å². The van der Waals surface area contributed by atoms with E-state index in [0.717, 1.165) is 0 Å². The summed E-state index contributed by atoms with van der Waals surface area (Å²) in [6, 6.07) is 0. The summed E-state index contributed by atoms with van der Waals surface area (Å²) in [6.07, 6.45) is 0.479. The Kier molecular flexibility index (Phi) is 4.98. The van der Waals surface area contributed by atoms with Crippen LogP contribution in [0.2, 0.25) is 0 Å². The molecule has 1 saturated heterocycles. The predicted octanol–water partition coefficient (Wildman–Crippen LogP) is 1.87. The summed E-state index contributed by atoms with van der Waals surface area (Å²) in [4.78, 5) is 11.3. The molecule has 0 aromatic heterocycles. The molecule has 0 unspecified atom stereocenters. The fourth-order valence-corrected chi connectivity index (χ4v) is 1.80. The Labute approximate surface area is 103 Å². The van der Waals surface area contributed by atoms with E-state index < -0.39 is 5.79 Å². The summed E-state index contributed by atoms with van der Waals surface area (Å²) in [7, 11) is 0. The zero-order valence-corrected chi connectivity index (χ0v) is 10.9. The van der Waals surface area contributed by atoms with E-state index in [9.17, 15) is 4.79 Å². The van der Waals surface area contributed by atoms with Crippen LogP contribution in [0.5, 0.6) is 0 Å². The zero-order valence-electron chi connectivity index (χ0n) is 10.9. The Balaban J connectivity index is 2.50. The molecule has 1 heterocycles. The van der Waals surface area contributed by atoms with Crippen molar-refractivity contribution < 1.29 is 19.0 Å². The first-order valence-electron chi connectivity index (χ1n) is 5.92. The van der Waals surface area contributed by atoms with E-state index in [1.165, 1.54) is 0 Å². The minimum Gasteiger partial charge on any atom is -0.466 e. The van der Waals surface area contributed by atoms with Gasteiger partial charge in [-0.1, -0.05) is 5.92 Å². The summed E-state index contributed by atoms with van der Waals surface area (Å²) in [5, 5.41) is 0. The van der Waals surface area contributed by atoms with Crippen molar-refractivity contribution in [2.24, 2.45) is 0 Å². The molecule has 1 rings (SSSR count). The molecule has 0 spiro atoms. The molecule has 2 atom stereocenters. The maximum Gasteiger partial charge on any atom is 0.305 e. The number of carbonyl (C=O) groups excluding carboxylic acids is 1. The van der Waals surface area contributed by atoms with Crippen LogP contribution in [0.15, 0.2) is 0 Å². The van der Waals surface area contributed by atoms with Gasteiger partial charge in [-0.05, 0) is 34.1 Å². The van der Waals surface area contributed by atoms with Crippen molar-refractivity contribution in [2.45, 2.75) is 58.5 Å². The molecule has 0 bridgehead atoms. The van der Waals surface area contributed by atoms with Gasteiger partial charge >= 0.3 is 5.97 Å². The number of hydrogen-bond donors (Lipinski definition) is 0. The lowest BCUT2D eigenvalue weighted by atomic mass is 10.1. The lowest BCUT2D eigenvalue weighted by molar-refractivity contribution is -0.149. The summed E-state index contributed by atoms with van der Waals surface area (Å²) in [5.74, 6) is 4.94. The van der Waals surface area contributed by atoms with E-state index in [2.05, 4.69) is 11.8 Å². The van der Waals surface area contributed by atoms with Crippen LogP contribution in [0.25, 0.3) is 0 Å². The maximum atomic E-state index is 11.3. The molecule has 17 heavy (non-hydrogen) atoms. The molecule has 0 saturated carbocycles. The fraction of sp³-hybridized carbons (Fsp3) is 0.769. The van der Waals surface area contributed by atoms with E-state index in [0.29, 0.717) is 19.4 Å². The number of esters is 1. The molecule has 0 aliphatic carbocycles. The van der Waals surface area contributed by atoms with Gasteiger partial charge in [0.15, 0.2) is 5.79 Å². The standard InChI is InChI=1S/C13H20O4/c1-5-7-10-11(17-13(3,4)16-10)8-9-12(14)15-6-2/h10-11H,6,8-9H2,1-4H3/t10-,11+/m1/s1.